The summed E-state index contributed by atoms with van der Waals surface area (Å²) >= 11 is 0. The Labute approximate surface area is 83.0 Å². The van der Waals surface area contributed by atoms with Crippen molar-refractivity contribution in [2.24, 2.45) is 5.84 Å². The molecule has 0 spiro atoms. The molecule has 14 heavy (non-hydrogen) atoms. The minimum Gasteiger partial charge on any atom is -0.465 e. The minimum atomic E-state index is -1.14. The number of hydrogen-bond acceptors (Lipinski definition) is 3. The van der Waals surface area contributed by atoms with Gasteiger partial charge in [0.1, 0.15) is 6.04 Å². The third kappa shape index (κ3) is 2.88. The number of amides is 2. The summed E-state index contributed by atoms with van der Waals surface area (Å²) in [5.74, 6) is 4.41. The molecule has 0 fully saturated rings. The van der Waals surface area contributed by atoms with E-state index < -0.39 is 23.6 Å². The third-order valence-electron chi connectivity index (χ3n) is 1.84. The molecule has 6 nitrogen and oxygen atoms in total. The van der Waals surface area contributed by atoms with Crippen LogP contribution in [0.4, 0.5) is 4.79 Å². The smallest absolute Gasteiger partial charge is 0.408 e. The van der Waals surface area contributed by atoms with Crippen molar-refractivity contribution in [2.75, 3.05) is 0 Å². The zero-order chi connectivity index (χ0) is 11.5. The first-order chi connectivity index (χ1) is 6.21. The van der Waals surface area contributed by atoms with Crippen LogP contribution in [0.5, 0.6) is 0 Å². The van der Waals surface area contributed by atoms with Crippen molar-refractivity contribution in [3.63, 3.8) is 0 Å². The highest BCUT2D eigenvalue weighted by Gasteiger charge is 2.34. The number of rotatable bonds is 2. The zero-order valence-corrected chi connectivity index (χ0v) is 8.87. The first-order valence-corrected chi connectivity index (χ1v) is 4.24. The number of carbonyl (C=O) groups excluding carboxylic acids is 1. The zero-order valence-electron chi connectivity index (χ0n) is 8.87. The molecule has 1 atom stereocenters. The van der Waals surface area contributed by atoms with Crippen molar-refractivity contribution in [3.05, 3.63) is 0 Å². The molecular weight excluding hydrogens is 186 g/mol. The summed E-state index contributed by atoms with van der Waals surface area (Å²) in [6, 6.07) is -0.808. The van der Waals surface area contributed by atoms with E-state index in [0.717, 1.165) is 4.90 Å². The van der Waals surface area contributed by atoms with Crippen LogP contribution in [0.3, 0.4) is 0 Å². The van der Waals surface area contributed by atoms with Gasteiger partial charge >= 0.3 is 6.09 Å². The maximum absolute atomic E-state index is 11.2. The standard InChI is InChI=1S/C8H17N3O3/c1-5(6(12)10-9)11(7(13)14)8(2,3)4/h5H,9H2,1-4H3,(H,10,12)(H,13,14)/t5-/m0/s1. The van der Waals surface area contributed by atoms with Gasteiger partial charge in [0, 0.05) is 5.54 Å². The first kappa shape index (κ1) is 12.7. The topological polar surface area (TPSA) is 95.7 Å². The quantitative estimate of drug-likeness (QED) is 0.338. The Balaban J connectivity index is 4.85. The van der Waals surface area contributed by atoms with Crippen molar-refractivity contribution >= 4 is 12.0 Å². The van der Waals surface area contributed by atoms with E-state index >= 15 is 0 Å². The molecule has 0 aromatic carbocycles. The summed E-state index contributed by atoms with van der Waals surface area (Å²) in [5.41, 5.74) is 1.29. The fourth-order valence-electron chi connectivity index (χ4n) is 1.27. The van der Waals surface area contributed by atoms with E-state index in [0.29, 0.717) is 0 Å². The molecule has 0 aromatic rings. The van der Waals surface area contributed by atoms with Gasteiger partial charge < -0.3 is 5.11 Å². The van der Waals surface area contributed by atoms with Crippen LogP contribution in [0.15, 0.2) is 0 Å². The van der Waals surface area contributed by atoms with Crippen molar-refractivity contribution in [2.45, 2.75) is 39.3 Å². The van der Waals surface area contributed by atoms with E-state index in [1.165, 1.54) is 6.92 Å². The number of carbonyl (C=O) groups is 2. The lowest BCUT2D eigenvalue weighted by molar-refractivity contribution is -0.127. The lowest BCUT2D eigenvalue weighted by Crippen LogP contribution is -2.56. The van der Waals surface area contributed by atoms with Crippen LogP contribution in [0.2, 0.25) is 0 Å². The van der Waals surface area contributed by atoms with E-state index in [2.05, 4.69) is 0 Å². The van der Waals surface area contributed by atoms with E-state index in [1.54, 1.807) is 20.8 Å². The van der Waals surface area contributed by atoms with Gasteiger partial charge in [-0.2, -0.15) is 0 Å². The average Bonchev–Trinajstić information content (AvgIpc) is 1.99. The van der Waals surface area contributed by atoms with Gasteiger partial charge in [-0.25, -0.2) is 10.6 Å². The fraction of sp³-hybridized carbons (Fsp3) is 0.750. The molecule has 0 heterocycles. The molecule has 0 unspecified atom stereocenters. The summed E-state index contributed by atoms with van der Waals surface area (Å²) in [5, 5.41) is 8.93. The number of nitrogens with zero attached hydrogens (tertiary/aromatic N) is 1. The monoisotopic (exact) mass is 203 g/mol. The molecule has 0 bridgehead atoms. The van der Waals surface area contributed by atoms with Gasteiger partial charge in [0.2, 0.25) is 0 Å². The lowest BCUT2D eigenvalue weighted by atomic mass is 10.0. The molecule has 0 aliphatic rings. The third-order valence-corrected chi connectivity index (χ3v) is 1.84. The molecule has 0 rings (SSSR count). The van der Waals surface area contributed by atoms with E-state index in [-0.39, 0.29) is 0 Å². The molecule has 2 amide bonds. The maximum Gasteiger partial charge on any atom is 0.408 e. The second-order valence-corrected chi connectivity index (χ2v) is 4.01. The van der Waals surface area contributed by atoms with Crippen LogP contribution in [-0.4, -0.2) is 33.6 Å². The largest absolute Gasteiger partial charge is 0.465 e. The van der Waals surface area contributed by atoms with Crippen LogP contribution in [0.25, 0.3) is 0 Å². The molecule has 6 heteroatoms. The van der Waals surface area contributed by atoms with E-state index in [4.69, 9.17) is 10.9 Å². The highest BCUT2D eigenvalue weighted by atomic mass is 16.4. The number of hydrogen-bond donors (Lipinski definition) is 3. The van der Waals surface area contributed by atoms with Crippen molar-refractivity contribution in [1.82, 2.24) is 10.3 Å². The van der Waals surface area contributed by atoms with Gasteiger partial charge in [-0.1, -0.05) is 0 Å². The summed E-state index contributed by atoms with van der Waals surface area (Å²) in [7, 11) is 0. The lowest BCUT2D eigenvalue weighted by Gasteiger charge is -2.36. The predicted molar refractivity (Wildman–Crippen MR) is 51.4 cm³/mol. The molecule has 0 saturated carbocycles. The highest BCUT2D eigenvalue weighted by molar-refractivity contribution is 5.84. The van der Waals surface area contributed by atoms with E-state index in [1.807, 2.05) is 5.43 Å². The van der Waals surface area contributed by atoms with Gasteiger partial charge in [0.15, 0.2) is 0 Å². The Morgan fingerprint density at radius 1 is 1.43 bits per heavy atom. The number of carboxylic acid groups (broad SMARTS) is 1. The summed E-state index contributed by atoms with van der Waals surface area (Å²) in [6.45, 7) is 6.62. The Kier molecular flexibility index (Phi) is 3.88. The van der Waals surface area contributed by atoms with Crippen LogP contribution in [0, 0.1) is 0 Å². The number of nitrogens with two attached hydrogens (primary N) is 1. The Bertz CT molecular complexity index is 234. The summed E-state index contributed by atoms with van der Waals surface area (Å²) < 4.78 is 0. The maximum atomic E-state index is 11.2. The van der Waals surface area contributed by atoms with Gasteiger partial charge in [-0.15, -0.1) is 0 Å². The van der Waals surface area contributed by atoms with Crippen molar-refractivity contribution in [3.8, 4) is 0 Å². The van der Waals surface area contributed by atoms with E-state index in [9.17, 15) is 9.59 Å². The van der Waals surface area contributed by atoms with Crippen LogP contribution < -0.4 is 11.3 Å². The second-order valence-electron chi connectivity index (χ2n) is 4.01. The predicted octanol–water partition coefficient (Wildman–Crippen LogP) is 0.143. The Hall–Kier alpha value is -1.30. The SMILES string of the molecule is C[C@@H](C(=O)NN)N(C(=O)O)C(C)(C)C. The average molecular weight is 203 g/mol. The van der Waals surface area contributed by atoms with Crippen molar-refractivity contribution in [1.29, 1.82) is 0 Å². The molecule has 0 aliphatic heterocycles. The van der Waals surface area contributed by atoms with Crippen LogP contribution in [-0.2, 0) is 4.79 Å². The second kappa shape index (κ2) is 4.28. The molecule has 0 aliphatic carbocycles. The van der Waals surface area contributed by atoms with Gasteiger partial charge in [-0.05, 0) is 27.7 Å². The molecule has 0 saturated heterocycles. The highest BCUT2D eigenvalue weighted by Crippen LogP contribution is 2.17. The fourth-order valence-corrected chi connectivity index (χ4v) is 1.27. The van der Waals surface area contributed by atoms with Crippen molar-refractivity contribution < 1.29 is 14.7 Å². The summed E-state index contributed by atoms with van der Waals surface area (Å²) in [4.78, 5) is 23.1. The minimum absolute atomic E-state index is 0.526. The van der Waals surface area contributed by atoms with Gasteiger partial charge in [-0.3, -0.25) is 15.1 Å². The molecule has 4 N–H and O–H groups in total. The van der Waals surface area contributed by atoms with Gasteiger partial charge in [0.25, 0.3) is 5.91 Å². The van der Waals surface area contributed by atoms with Crippen LogP contribution >= 0.6 is 0 Å². The number of hydrazine groups is 1. The normalized spacial score (nSPS) is 13.2. The van der Waals surface area contributed by atoms with Gasteiger partial charge in [0.05, 0.1) is 0 Å². The Morgan fingerprint density at radius 3 is 2.07 bits per heavy atom. The Morgan fingerprint density at radius 2 is 1.86 bits per heavy atom. The molecule has 0 aromatic heterocycles. The molecule has 82 valence electrons. The first-order valence-electron chi connectivity index (χ1n) is 4.24. The number of nitrogens with one attached hydrogen (secondary N) is 1. The molecule has 0 radical (unpaired) electrons. The summed E-state index contributed by atoms with van der Waals surface area (Å²) in [6.07, 6.45) is -1.14. The molecular formula is C8H17N3O3. The van der Waals surface area contributed by atoms with Crippen LogP contribution in [0.1, 0.15) is 27.7 Å².